The first-order chi connectivity index (χ1) is 11.2. The number of aliphatic imine (C=N–C) groups is 1. The van der Waals surface area contributed by atoms with E-state index in [1.807, 2.05) is 48.5 Å². The highest BCUT2D eigenvalue weighted by Gasteiger charge is 2.21. The zero-order valence-corrected chi connectivity index (χ0v) is 13.5. The Kier molecular flexibility index (Phi) is 3.40. The number of anilines is 2. The molecule has 1 aliphatic rings. The average molecular weight is 319 g/mol. The number of hydrogen-bond acceptors (Lipinski definition) is 2. The summed E-state index contributed by atoms with van der Waals surface area (Å²) in [6, 6.07) is 24.4. The molecule has 0 fully saturated rings. The Hall–Kier alpha value is -2.58. The molecule has 2 nitrogen and oxygen atoms in total. The summed E-state index contributed by atoms with van der Waals surface area (Å²) < 4.78 is 0. The van der Waals surface area contributed by atoms with Crippen molar-refractivity contribution in [1.29, 1.82) is 0 Å². The van der Waals surface area contributed by atoms with Crippen molar-refractivity contribution in [3.05, 3.63) is 88.9 Å². The van der Waals surface area contributed by atoms with Crippen LogP contribution < -0.4 is 4.90 Å². The fourth-order valence-corrected chi connectivity index (χ4v) is 3.13. The Morgan fingerprint density at radius 3 is 2.39 bits per heavy atom. The summed E-state index contributed by atoms with van der Waals surface area (Å²) in [5.74, 6) is 0. The molecule has 3 aromatic carbocycles. The van der Waals surface area contributed by atoms with E-state index in [1.54, 1.807) is 0 Å². The molecule has 0 radical (unpaired) electrons. The molecule has 3 aromatic rings. The van der Waals surface area contributed by atoms with Crippen molar-refractivity contribution < 1.29 is 0 Å². The quantitative estimate of drug-likeness (QED) is 0.571. The van der Waals surface area contributed by atoms with Gasteiger partial charge in [0, 0.05) is 23.2 Å². The van der Waals surface area contributed by atoms with E-state index in [2.05, 4.69) is 36.2 Å². The van der Waals surface area contributed by atoms with E-state index in [-0.39, 0.29) is 0 Å². The van der Waals surface area contributed by atoms with Gasteiger partial charge in [0.25, 0.3) is 0 Å². The van der Waals surface area contributed by atoms with Crippen molar-refractivity contribution in [2.75, 3.05) is 11.9 Å². The van der Waals surface area contributed by atoms with Gasteiger partial charge in [-0.05, 0) is 30.3 Å². The maximum absolute atomic E-state index is 6.27. The third-order valence-corrected chi connectivity index (χ3v) is 4.33. The number of halogens is 1. The van der Waals surface area contributed by atoms with Crippen LogP contribution in [0.15, 0.2) is 77.8 Å². The van der Waals surface area contributed by atoms with Gasteiger partial charge in [-0.1, -0.05) is 54.1 Å². The second-order valence-electron chi connectivity index (χ2n) is 5.54. The van der Waals surface area contributed by atoms with Gasteiger partial charge in [0.2, 0.25) is 0 Å². The number of nitrogens with zero attached hydrogens (tertiary/aromatic N) is 2. The van der Waals surface area contributed by atoms with Crippen LogP contribution in [0.4, 0.5) is 17.1 Å². The van der Waals surface area contributed by atoms with Crippen molar-refractivity contribution >= 4 is 34.4 Å². The first-order valence-electron chi connectivity index (χ1n) is 7.51. The first-order valence-corrected chi connectivity index (χ1v) is 7.88. The van der Waals surface area contributed by atoms with Gasteiger partial charge < -0.3 is 4.90 Å². The molecule has 0 atom stereocenters. The summed E-state index contributed by atoms with van der Waals surface area (Å²) in [5, 5.41) is 0.715. The Bertz CT molecular complexity index is 901. The van der Waals surface area contributed by atoms with E-state index in [9.17, 15) is 0 Å². The molecule has 4 rings (SSSR count). The molecule has 0 saturated carbocycles. The molecule has 1 aliphatic heterocycles. The molecule has 0 saturated heterocycles. The summed E-state index contributed by atoms with van der Waals surface area (Å²) in [6.07, 6.45) is 0. The molecule has 0 amide bonds. The topological polar surface area (TPSA) is 15.6 Å². The molecule has 0 unspecified atom stereocenters. The van der Waals surface area contributed by atoms with Gasteiger partial charge in [0.05, 0.1) is 22.8 Å². The third kappa shape index (κ3) is 2.41. The lowest BCUT2D eigenvalue weighted by molar-refractivity contribution is 1.21. The summed E-state index contributed by atoms with van der Waals surface area (Å²) in [4.78, 5) is 7.13. The molecular weight excluding hydrogens is 304 g/mol. The Labute approximate surface area is 140 Å². The molecule has 112 valence electrons. The van der Waals surface area contributed by atoms with Gasteiger partial charge in [0.15, 0.2) is 0 Å². The smallest absolute Gasteiger partial charge is 0.0874 e. The third-order valence-electron chi connectivity index (χ3n) is 4.10. The molecule has 23 heavy (non-hydrogen) atoms. The van der Waals surface area contributed by atoms with Crippen LogP contribution >= 0.6 is 11.6 Å². The molecule has 0 aliphatic carbocycles. The van der Waals surface area contributed by atoms with E-state index in [4.69, 9.17) is 16.6 Å². The van der Waals surface area contributed by atoms with E-state index in [0.717, 1.165) is 33.9 Å². The van der Waals surface area contributed by atoms with E-state index in [1.165, 1.54) is 0 Å². The minimum atomic E-state index is 0.715. The van der Waals surface area contributed by atoms with Crippen LogP contribution in [0.1, 0.15) is 11.1 Å². The van der Waals surface area contributed by atoms with E-state index >= 15 is 0 Å². The number of fused-ring (bicyclic) bond motifs is 2. The maximum Gasteiger partial charge on any atom is 0.0874 e. The number of benzene rings is 3. The summed E-state index contributed by atoms with van der Waals surface area (Å²) in [6.45, 7) is 0. The van der Waals surface area contributed by atoms with E-state index in [0.29, 0.717) is 5.02 Å². The zero-order chi connectivity index (χ0) is 15.8. The van der Waals surface area contributed by atoms with Crippen molar-refractivity contribution in [2.24, 2.45) is 4.99 Å². The molecule has 0 aromatic heterocycles. The second kappa shape index (κ2) is 5.56. The second-order valence-corrected chi connectivity index (χ2v) is 5.97. The molecule has 0 N–H and O–H groups in total. The molecule has 0 bridgehead atoms. The maximum atomic E-state index is 6.27. The van der Waals surface area contributed by atoms with Crippen molar-refractivity contribution in [3.63, 3.8) is 0 Å². The number of rotatable bonds is 1. The first kappa shape index (κ1) is 14.0. The van der Waals surface area contributed by atoms with Crippen LogP contribution in [0, 0.1) is 0 Å². The van der Waals surface area contributed by atoms with Gasteiger partial charge in [-0.2, -0.15) is 0 Å². The molecular formula is C20H15ClN2. The van der Waals surface area contributed by atoms with Crippen LogP contribution in [0.3, 0.4) is 0 Å². The molecule has 3 heteroatoms. The SMILES string of the molecule is CN1c2ccccc2N=C(c2ccccc2)c2cc(Cl)ccc21. The van der Waals surface area contributed by atoms with Crippen LogP contribution in [-0.4, -0.2) is 12.8 Å². The normalized spacial score (nSPS) is 13.0. The average Bonchev–Trinajstić information content (AvgIpc) is 2.71. The minimum Gasteiger partial charge on any atom is -0.342 e. The minimum absolute atomic E-state index is 0.715. The Morgan fingerprint density at radius 1 is 0.826 bits per heavy atom. The predicted molar refractivity (Wildman–Crippen MR) is 97.7 cm³/mol. The van der Waals surface area contributed by atoms with Gasteiger partial charge in [0.1, 0.15) is 0 Å². The fraction of sp³-hybridized carbons (Fsp3) is 0.0500. The predicted octanol–water partition coefficient (Wildman–Crippen LogP) is 5.59. The van der Waals surface area contributed by atoms with Crippen molar-refractivity contribution in [1.82, 2.24) is 0 Å². The fourth-order valence-electron chi connectivity index (χ4n) is 2.96. The molecule has 1 heterocycles. The van der Waals surface area contributed by atoms with Gasteiger partial charge >= 0.3 is 0 Å². The highest BCUT2D eigenvalue weighted by Crippen LogP contribution is 2.40. The summed E-state index contributed by atoms with van der Waals surface area (Å²) >= 11 is 6.27. The van der Waals surface area contributed by atoms with Crippen molar-refractivity contribution in [3.8, 4) is 0 Å². The largest absolute Gasteiger partial charge is 0.342 e. The monoisotopic (exact) mass is 318 g/mol. The Morgan fingerprint density at radius 2 is 1.57 bits per heavy atom. The lowest BCUT2D eigenvalue weighted by Gasteiger charge is -2.21. The summed E-state index contributed by atoms with van der Waals surface area (Å²) in [7, 11) is 2.06. The number of para-hydroxylation sites is 2. The highest BCUT2D eigenvalue weighted by molar-refractivity contribution is 6.31. The lowest BCUT2D eigenvalue weighted by atomic mass is 10.0. The molecule has 0 spiro atoms. The zero-order valence-electron chi connectivity index (χ0n) is 12.7. The van der Waals surface area contributed by atoms with Crippen LogP contribution in [-0.2, 0) is 0 Å². The van der Waals surface area contributed by atoms with Gasteiger partial charge in [-0.25, -0.2) is 4.99 Å². The Balaban J connectivity index is 2.05. The van der Waals surface area contributed by atoms with Crippen molar-refractivity contribution in [2.45, 2.75) is 0 Å². The summed E-state index contributed by atoms with van der Waals surface area (Å²) in [5.41, 5.74) is 6.22. The van der Waals surface area contributed by atoms with Crippen LogP contribution in [0.2, 0.25) is 5.02 Å². The van der Waals surface area contributed by atoms with E-state index < -0.39 is 0 Å². The van der Waals surface area contributed by atoms with Gasteiger partial charge in [-0.15, -0.1) is 0 Å². The highest BCUT2D eigenvalue weighted by atomic mass is 35.5. The van der Waals surface area contributed by atoms with Crippen LogP contribution in [0.5, 0.6) is 0 Å². The lowest BCUT2D eigenvalue weighted by Crippen LogP contribution is -2.12. The number of hydrogen-bond donors (Lipinski definition) is 0. The van der Waals surface area contributed by atoms with Crippen LogP contribution in [0.25, 0.3) is 0 Å². The van der Waals surface area contributed by atoms with Gasteiger partial charge in [-0.3, -0.25) is 0 Å². The standard InChI is InChI=1S/C20H15ClN2/c1-23-18-12-11-15(21)13-16(18)20(14-7-3-2-4-8-14)22-17-9-5-6-10-19(17)23/h2-13H,1H3.